The fourth-order valence-electron chi connectivity index (χ4n) is 3.74. The number of aliphatic imine (C=N–C) groups is 2. The summed E-state index contributed by atoms with van der Waals surface area (Å²) in [7, 11) is 1.50. The molecule has 0 amide bonds. The third-order valence-electron chi connectivity index (χ3n) is 6.24. The number of hydrogen-bond acceptors (Lipinski definition) is 4. The van der Waals surface area contributed by atoms with Crippen LogP contribution in [0.4, 0.5) is 15.8 Å². The Labute approximate surface area is 250 Å². The lowest BCUT2D eigenvalue weighted by molar-refractivity contribution is 0.234. The molecule has 4 N–H and O–H groups in total. The van der Waals surface area contributed by atoms with Crippen molar-refractivity contribution in [3.63, 3.8) is 0 Å². The van der Waals surface area contributed by atoms with Crippen molar-refractivity contribution >= 4 is 30.1 Å². The van der Waals surface area contributed by atoms with Crippen LogP contribution in [0.2, 0.25) is 0 Å². The van der Waals surface area contributed by atoms with Crippen LogP contribution in [-0.4, -0.2) is 44.5 Å². The number of rotatable bonds is 8. The van der Waals surface area contributed by atoms with Crippen LogP contribution in [0, 0.1) is 18.2 Å². The topological polar surface area (TPSA) is 86.2 Å². The average Bonchev–Trinajstić information content (AvgIpc) is 2.99. The van der Waals surface area contributed by atoms with Crippen molar-refractivity contribution in [1.29, 1.82) is 0 Å². The molecule has 0 aliphatic carbocycles. The van der Waals surface area contributed by atoms with Gasteiger partial charge in [0.25, 0.3) is 0 Å². The van der Waals surface area contributed by atoms with Crippen molar-refractivity contribution in [1.82, 2.24) is 0 Å². The molecule has 0 atom stereocenters. The zero-order valence-electron chi connectivity index (χ0n) is 27.3. The molecule has 0 aromatic heterocycles. The normalized spacial score (nSPS) is 13.1. The minimum absolute atomic E-state index is 0.211. The Bertz CT molecular complexity index is 979. The maximum absolute atomic E-state index is 13.3. The van der Waals surface area contributed by atoms with Gasteiger partial charge in [0.05, 0.1) is 0 Å². The van der Waals surface area contributed by atoms with Gasteiger partial charge < -0.3 is 21.1 Å². The molecule has 7 heteroatoms. The summed E-state index contributed by atoms with van der Waals surface area (Å²) >= 11 is 0. The van der Waals surface area contributed by atoms with E-state index in [9.17, 15) is 4.39 Å². The van der Waals surface area contributed by atoms with Gasteiger partial charge >= 0.3 is 0 Å². The molecule has 2 aromatic rings. The summed E-state index contributed by atoms with van der Waals surface area (Å²) in [6.07, 6.45) is 10.2. The second-order valence-electron chi connectivity index (χ2n) is 9.65. The van der Waals surface area contributed by atoms with Crippen LogP contribution < -0.4 is 16.0 Å². The van der Waals surface area contributed by atoms with E-state index in [2.05, 4.69) is 72.5 Å². The molecule has 232 valence electrons. The Morgan fingerprint density at radius 1 is 1.05 bits per heavy atom. The molecule has 0 saturated carbocycles. The first-order valence-electron chi connectivity index (χ1n) is 15.0. The summed E-state index contributed by atoms with van der Waals surface area (Å²) in [6.45, 7) is 22.5. The standard InChI is InChI=1S/C23H27FN4.C6H14.C2H6O.C2H6.CH5N/c1-5-23(3)15-28(16-23)20-9-7-19(8-10-20)27-22(25-4)26-13-12-18-6-11-21(24)17(2)14-18;1-3-5-6-4-2;1-2-3;2*1-2/h6-14H,4-5,15-16H2,1-3H3,(H,26,27);3-6H2,1-2H3;3H,2H2,1H3;1-2H3;2H2,1H3/b13-12-;;;;. The largest absolute Gasteiger partial charge is 0.397 e. The fourth-order valence-corrected chi connectivity index (χ4v) is 3.74. The van der Waals surface area contributed by atoms with Crippen LogP contribution in [-0.2, 0) is 0 Å². The molecule has 1 saturated heterocycles. The second kappa shape index (κ2) is 24.7. The Kier molecular flexibility index (Phi) is 24.2. The third kappa shape index (κ3) is 16.7. The van der Waals surface area contributed by atoms with Gasteiger partial charge in [-0.05, 0) is 87.6 Å². The summed E-state index contributed by atoms with van der Waals surface area (Å²) in [5, 5.41) is 10.7. The molecule has 0 bridgehead atoms. The summed E-state index contributed by atoms with van der Waals surface area (Å²) in [4.78, 5) is 10.6. The highest BCUT2D eigenvalue weighted by Crippen LogP contribution is 2.36. The first-order chi connectivity index (χ1) is 19.7. The molecule has 41 heavy (non-hydrogen) atoms. The number of guanidine groups is 1. The molecule has 2 aromatic carbocycles. The van der Waals surface area contributed by atoms with Crippen LogP contribution in [0.15, 0.2) is 58.6 Å². The van der Waals surface area contributed by atoms with Gasteiger partial charge in [0, 0.05) is 42.7 Å². The van der Waals surface area contributed by atoms with Crippen molar-refractivity contribution in [2.24, 2.45) is 21.1 Å². The molecule has 0 spiro atoms. The van der Waals surface area contributed by atoms with Gasteiger partial charge in [0.15, 0.2) is 0 Å². The molecule has 1 fully saturated rings. The predicted molar refractivity (Wildman–Crippen MR) is 182 cm³/mol. The van der Waals surface area contributed by atoms with Crippen molar-refractivity contribution in [3.8, 4) is 0 Å². The van der Waals surface area contributed by atoms with Gasteiger partial charge in [-0.1, -0.05) is 73.3 Å². The van der Waals surface area contributed by atoms with Crippen LogP contribution in [0.3, 0.4) is 0 Å². The van der Waals surface area contributed by atoms with E-state index >= 15 is 0 Å². The Balaban J connectivity index is 0. The molecular formula is C34H58FN5O. The van der Waals surface area contributed by atoms with Crippen molar-refractivity contribution in [2.75, 3.05) is 37.0 Å². The zero-order valence-corrected chi connectivity index (χ0v) is 27.3. The SMILES string of the molecule is C=NC(=N/C=C\c1ccc(F)c(C)c1)Nc1ccc(N2CC(C)(CC)C2)cc1.CC.CCCCCC.CCO.CN. The van der Waals surface area contributed by atoms with Crippen LogP contribution in [0.5, 0.6) is 0 Å². The Hall–Kier alpha value is -3.03. The van der Waals surface area contributed by atoms with Gasteiger partial charge in [0.1, 0.15) is 5.82 Å². The van der Waals surface area contributed by atoms with Gasteiger partial charge in [-0.3, -0.25) is 0 Å². The highest BCUT2D eigenvalue weighted by molar-refractivity contribution is 5.97. The van der Waals surface area contributed by atoms with E-state index in [1.807, 2.05) is 26.0 Å². The smallest absolute Gasteiger partial charge is 0.226 e. The summed E-state index contributed by atoms with van der Waals surface area (Å²) in [6, 6.07) is 13.2. The highest BCUT2D eigenvalue weighted by Gasteiger charge is 2.36. The number of aliphatic hydroxyl groups is 1. The number of aryl methyl sites for hydroxylation is 1. The Morgan fingerprint density at radius 2 is 1.59 bits per heavy atom. The van der Waals surface area contributed by atoms with Gasteiger partial charge in [-0.2, -0.15) is 0 Å². The van der Waals surface area contributed by atoms with Gasteiger partial charge in [0.2, 0.25) is 5.96 Å². The number of hydrogen-bond donors (Lipinski definition) is 3. The van der Waals surface area contributed by atoms with Crippen molar-refractivity contribution < 1.29 is 9.50 Å². The number of unbranched alkanes of at least 4 members (excludes halogenated alkanes) is 3. The summed E-state index contributed by atoms with van der Waals surface area (Å²) in [5.74, 6) is 0.196. The fraction of sp³-hybridized carbons (Fsp3) is 0.529. The van der Waals surface area contributed by atoms with E-state index < -0.39 is 0 Å². The number of halogens is 1. The van der Waals surface area contributed by atoms with E-state index in [0.29, 0.717) is 16.9 Å². The first-order valence-corrected chi connectivity index (χ1v) is 15.0. The lowest BCUT2D eigenvalue weighted by atomic mass is 9.79. The molecule has 0 radical (unpaired) electrons. The van der Waals surface area contributed by atoms with E-state index in [-0.39, 0.29) is 12.4 Å². The summed E-state index contributed by atoms with van der Waals surface area (Å²) < 4.78 is 13.3. The van der Waals surface area contributed by atoms with Crippen LogP contribution >= 0.6 is 0 Å². The van der Waals surface area contributed by atoms with E-state index in [4.69, 9.17) is 5.11 Å². The number of anilines is 2. The van der Waals surface area contributed by atoms with Crippen LogP contribution in [0.1, 0.15) is 91.7 Å². The third-order valence-corrected chi connectivity index (χ3v) is 6.24. The molecule has 1 aliphatic heterocycles. The van der Waals surface area contributed by atoms with Crippen LogP contribution in [0.25, 0.3) is 6.08 Å². The molecular weight excluding hydrogens is 513 g/mol. The van der Waals surface area contributed by atoms with Gasteiger partial charge in [-0.15, -0.1) is 0 Å². The van der Waals surface area contributed by atoms with Crippen molar-refractivity contribution in [2.45, 2.75) is 87.5 Å². The maximum atomic E-state index is 13.3. The quantitative estimate of drug-likeness (QED) is 0.168. The summed E-state index contributed by atoms with van der Waals surface area (Å²) in [5.41, 5.74) is 8.56. The maximum Gasteiger partial charge on any atom is 0.226 e. The lowest BCUT2D eigenvalue weighted by Crippen LogP contribution is -2.54. The number of nitrogens with one attached hydrogen (secondary N) is 1. The molecule has 3 rings (SSSR count). The molecule has 0 unspecified atom stereocenters. The van der Waals surface area contributed by atoms with E-state index in [0.717, 1.165) is 24.3 Å². The lowest BCUT2D eigenvalue weighted by Gasteiger charge is -2.49. The number of aliphatic hydroxyl groups excluding tert-OH is 1. The first kappa shape index (κ1) is 40.1. The minimum Gasteiger partial charge on any atom is -0.397 e. The molecule has 6 nitrogen and oxygen atoms in total. The van der Waals surface area contributed by atoms with Crippen molar-refractivity contribution in [3.05, 3.63) is 65.6 Å². The molecule has 1 heterocycles. The van der Waals surface area contributed by atoms with E-state index in [1.54, 1.807) is 38.3 Å². The predicted octanol–water partition coefficient (Wildman–Crippen LogP) is 8.70. The number of benzene rings is 2. The second-order valence-corrected chi connectivity index (χ2v) is 9.65. The Morgan fingerprint density at radius 3 is 2.02 bits per heavy atom. The zero-order chi connectivity index (χ0) is 31.7. The highest BCUT2D eigenvalue weighted by atomic mass is 19.1. The van der Waals surface area contributed by atoms with E-state index in [1.165, 1.54) is 50.9 Å². The average molecular weight is 572 g/mol. The minimum atomic E-state index is -0.211. The van der Waals surface area contributed by atoms with Gasteiger partial charge in [-0.25, -0.2) is 14.4 Å². The number of nitrogens with zero attached hydrogens (tertiary/aromatic N) is 3. The molecule has 1 aliphatic rings. The monoisotopic (exact) mass is 571 g/mol. The number of nitrogens with two attached hydrogens (primary N) is 1.